The fourth-order valence-electron chi connectivity index (χ4n) is 3.05. The standard InChI is InChI=1S/C11H12FN5O3/c12-7-6(19)5(2-18)20-11(7)4-1-14-10-9(13)15-3-16-17(10)8(4)11/h1,3,5-8,18-19H,2H2,(H2,13,15,16). The van der Waals surface area contributed by atoms with Crippen LogP contribution in [0, 0.1) is 0 Å². The third-order valence-electron chi connectivity index (χ3n) is 4.07. The van der Waals surface area contributed by atoms with Crippen molar-refractivity contribution in [3.63, 3.8) is 0 Å². The largest absolute Gasteiger partial charge is 0.394 e. The molecule has 1 spiro atoms. The number of hydrazone groups is 1. The van der Waals surface area contributed by atoms with Gasteiger partial charge in [0.25, 0.3) is 0 Å². The maximum Gasteiger partial charge on any atom is 0.192 e. The first-order valence-corrected chi connectivity index (χ1v) is 6.15. The summed E-state index contributed by atoms with van der Waals surface area (Å²) in [5.74, 6) is 0.515. The summed E-state index contributed by atoms with van der Waals surface area (Å²) in [5, 5.41) is 24.4. The number of aliphatic hydroxyl groups excluding tert-OH is 2. The molecule has 2 fully saturated rings. The van der Waals surface area contributed by atoms with Gasteiger partial charge in [-0.25, -0.2) is 19.4 Å². The number of rotatable bonds is 1. The fourth-order valence-corrected chi connectivity index (χ4v) is 3.05. The van der Waals surface area contributed by atoms with E-state index in [2.05, 4.69) is 15.1 Å². The Labute approximate surface area is 112 Å². The number of amidine groups is 2. The van der Waals surface area contributed by atoms with Crippen molar-refractivity contribution in [2.75, 3.05) is 6.61 Å². The zero-order valence-electron chi connectivity index (χ0n) is 10.2. The van der Waals surface area contributed by atoms with Gasteiger partial charge in [0.15, 0.2) is 23.4 Å². The van der Waals surface area contributed by atoms with E-state index in [1.807, 2.05) is 0 Å². The lowest BCUT2D eigenvalue weighted by Gasteiger charge is -2.24. The SMILES string of the molecule is NC1=NC=NN2C1=NC=C1C2C12OC(CO)C(O)C2F. The molecule has 0 bridgehead atoms. The molecule has 0 amide bonds. The number of fused-ring (bicyclic) bond motifs is 5. The van der Waals surface area contributed by atoms with Gasteiger partial charge in [0.1, 0.15) is 24.6 Å². The van der Waals surface area contributed by atoms with Crippen molar-refractivity contribution in [2.45, 2.75) is 30.0 Å². The smallest absolute Gasteiger partial charge is 0.192 e. The lowest BCUT2D eigenvalue weighted by molar-refractivity contribution is -0.0344. The van der Waals surface area contributed by atoms with E-state index in [-0.39, 0.29) is 5.84 Å². The van der Waals surface area contributed by atoms with E-state index in [9.17, 15) is 9.50 Å². The molecule has 106 valence electrons. The van der Waals surface area contributed by atoms with Crippen LogP contribution >= 0.6 is 0 Å². The highest BCUT2D eigenvalue weighted by Crippen LogP contribution is 2.59. The Balaban J connectivity index is 1.71. The number of nitrogens with zero attached hydrogens (tertiary/aromatic N) is 4. The number of ether oxygens (including phenoxy) is 1. The van der Waals surface area contributed by atoms with Gasteiger partial charge >= 0.3 is 0 Å². The molecule has 1 saturated carbocycles. The molecular formula is C11H12FN5O3. The van der Waals surface area contributed by atoms with Crippen molar-refractivity contribution in [3.8, 4) is 0 Å². The van der Waals surface area contributed by atoms with Crippen molar-refractivity contribution in [3.05, 3.63) is 11.8 Å². The van der Waals surface area contributed by atoms with Crippen molar-refractivity contribution in [1.29, 1.82) is 0 Å². The van der Waals surface area contributed by atoms with Crippen LogP contribution in [-0.4, -0.2) is 69.9 Å². The van der Waals surface area contributed by atoms with Crippen molar-refractivity contribution in [2.24, 2.45) is 20.8 Å². The number of nitrogens with two attached hydrogens (primary N) is 1. The van der Waals surface area contributed by atoms with Crippen molar-refractivity contribution < 1.29 is 19.3 Å². The Morgan fingerprint density at radius 3 is 3.00 bits per heavy atom. The first-order chi connectivity index (χ1) is 9.61. The molecule has 3 aliphatic heterocycles. The van der Waals surface area contributed by atoms with Gasteiger partial charge in [-0.2, -0.15) is 5.10 Å². The number of hydrogen-bond donors (Lipinski definition) is 3. The second-order valence-corrected chi connectivity index (χ2v) is 5.05. The Morgan fingerprint density at radius 1 is 1.50 bits per heavy atom. The Morgan fingerprint density at radius 2 is 2.30 bits per heavy atom. The van der Waals surface area contributed by atoms with E-state index in [0.29, 0.717) is 11.4 Å². The lowest BCUT2D eigenvalue weighted by atomic mass is 10.1. The average Bonchev–Trinajstić information content (AvgIpc) is 3.05. The second-order valence-electron chi connectivity index (χ2n) is 5.05. The minimum atomic E-state index is -1.65. The monoisotopic (exact) mass is 281 g/mol. The number of aliphatic hydroxyl groups is 2. The molecule has 0 aromatic carbocycles. The average molecular weight is 281 g/mol. The van der Waals surface area contributed by atoms with E-state index in [1.165, 1.54) is 17.5 Å². The predicted octanol–water partition coefficient (Wildman–Crippen LogP) is -1.89. The summed E-state index contributed by atoms with van der Waals surface area (Å²) in [5.41, 5.74) is 4.97. The van der Waals surface area contributed by atoms with Crippen LogP contribution in [0.4, 0.5) is 4.39 Å². The van der Waals surface area contributed by atoms with Crippen LogP contribution in [0.2, 0.25) is 0 Å². The maximum absolute atomic E-state index is 14.4. The summed E-state index contributed by atoms with van der Waals surface area (Å²) in [6, 6.07) is -0.513. The van der Waals surface area contributed by atoms with Crippen LogP contribution in [-0.2, 0) is 4.74 Å². The predicted molar refractivity (Wildman–Crippen MR) is 66.9 cm³/mol. The van der Waals surface area contributed by atoms with E-state index >= 15 is 0 Å². The topological polar surface area (TPSA) is 116 Å². The molecule has 3 heterocycles. The summed E-state index contributed by atoms with van der Waals surface area (Å²) < 4.78 is 20.0. The zero-order valence-corrected chi connectivity index (χ0v) is 10.2. The molecular weight excluding hydrogens is 269 g/mol. The van der Waals surface area contributed by atoms with Crippen LogP contribution in [0.1, 0.15) is 0 Å². The summed E-state index contributed by atoms with van der Waals surface area (Å²) in [7, 11) is 0. The first kappa shape index (κ1) is 11.9. The third kappa shape index (κ3) is 1.18. The van der Waals surface area contributed by atoms with Crippen LogP contribution in [0.3, 0.4) is 0 Å². The fraction of sp³-hybridized carbons (Fsp3) is 0.545. The molecule has 5 unspecified atom stereocenters. The van der Waals surface area contributed by atoms with Gasteiger partial charge in [0.2, 0.25) is 0 Å². The van der Waals surface area contributed by atoms with Crippen LogP contribution < -0.4 is 5.73 Å². The molecule has 0 aromatic rings. The Kier molecular flexibility index (Phi) is 2.16. The summed E-state index contributed by atoms with van der Waals surface area (Å²) >= 11 is 0. The van der Waals surface area contributed by atoms with Gasteiger partial charge in [-0.05, 0) is 0 Å². The minimum absolute atomic E-state index is 0.185. The van der Waals surface area contributed by atoms with Gasteiger partial charge in [-0.3, -0.25) is 0 Å². The van der Waals surface area contributed by atoms with Crippen LogP contribution in [0.15, 0.2) is 26.9 Å². The Hall–Kier alpha value is -1.84. The highest BCUT2D eigenvalue weighted by molar-refractivity contribution is 6.42. The molecule has 8 nitrogen and oxygen atoms in total. The maximum atomic E-state index is 14.4. The number of alkyl halides is 1. The van der Waals surface area contributed by atoms with Gasteiger partial charge in [0, 0.05) is 11.8 Å². The second kappa shape index (κ2) is 3.62. The molecule has 1 saturated heterocycles. The van der Waals surface area contributed by atoms with E-state index in [0.717, 1.165) is 0 Å². The number of hydrogen-bond acceptors (Lipinski definition) is 8. The van der Waals surface area contributed by atoms with E-state index in [4.69, 9.17) is 15.6 Å². The highest BCUT2D eigenvalue weighted by atomic mass is 19.1. The van der Waals surface area contributed by atoms with Crippen LogP contribution in [0.25, 0.3) is 0 Å². The molecule has 4 rings (SSSR count). The number of aliphatic imine (C=N–C) groups is 2. The van der Waals surface area contributed by atoms with Gasteiger partial charge in [-0.15, -0.1) is 0 Å². The number of halogens is 1. The van der Waals surface area contributed by atoms with E-state index < -0.39 is 36.6 Å². The van der Waals surface area contributed by atoms with Crippen molar-refractivity contribution in [1.82, 2.24) is 5.01 Å². The Bertz CT molecular complexity index is 603. The lowest BCUT2D eigenvalue weighted by Crippen LogP contribution is -2.45. The zero-order chi connectivity index (χ0) is 14.1. The molecule has 5 atom stereocenters. The third-order valence-corrected chi connectivity index (χ3v) is 4.07. The summed E-state index contributed by atoms with van der Waals surface area (Å²) in [6.45, 7) is -0.454. The summed E-state index contributed by atoms with van der Waals surface area (Å²) in [6.07, 6.45) is -1.26. The minimum Gasteiger partial charge on any atom is -0.394 e. The van der Waals surface area contributed by atoms with Crippen LogP contribution in [0.5, 0.6) is 0 Å². The van der Waals surface area contributed by atoms with Gasteiger partial charge < -0.3 is 20.7 Å². The molecule has 9 heteroatoms. The molecule has 20 heavy (non-hydrogen) atoms. The highest BCUT2D eigenvalue weighted by Gasteiger charge is 2.77. The molecule has 4 aliphatic rings. The molecule has 4 N–H and O–H groups in total. The summed E-state index contributed by atoms with van der Waals surface area (Å²) in [4.78, 5) is 7.93. The van der Waals surface area contributed by atoms with Crippen molar-refractivity contribution >= 4 is 18.0 Å². The quantitative estimate of drug-likeness (QED) is 0.519. The molecule has 1 aliphatic carbocycles. The first-order valence-electron chi connectivity index (χ1n) is 6.15. The van der Waals surface area contributed by atoms with Gasteiger partial charge in [0.05, 0.1) is 6.61 Å². The molecule has 0 radical (unpaired) electrons. The normalized spacial score (nSPS) is 44.8. The molecule has 0 aromatic heterocycles. The van der Waals surface area contributed by atoms with E-state index in [1.54, 1.807) is 0 Å². The van der Waals surface area contributed by atoms with Gasteiger partial charge in [-0.1, -0.05) is 0 Å².